The molecule has 1 saturated carbocycles. The summed E-state index contributed by atoms with van der Waals surface area (Å²) in [6, 6.07) is 24.6. The van der Waals surface area contributed by atoms with Crippen molar-refractivity contribution in [2.75, 3.05) is 0 Å². The topological polar surface area (TPSA) is 103 Å². The Morgan fingerprint density at radius 3 is 2.58 bits per heavy atom. The normalized spacial score (nSPS) is 16.5. The fraction of sp³-hybridized carbons (Fsp3) is 0.222. The Kier molecular flexibility index (Phi) is 6.81. The van der Waals surface area contributed by atoms with Gasteiger partial charge in [-0.3, -0.25) is 19.5 Å². The number of aromatic nitrogens is 3. The van der Waals surface area contributed by atoms with Crippen molar-refractivity contribution in [3.05, 3.63) is 111 Å². The molecule has 1 heterocycles. The smallest absolute Gasteiger partial charge is 0.269 e. The van der Waals surface area contributed by atoms with Crippen LogP contribution in [0.3, 0.4) is 0 Å². The minimum atomic E-state index is -0.427. The second-order valence-corrected chi connectivity index (χ2v) is 9.81. The summed E-state index contributed by atoms with van der Waals surface area (Å²) in [6.07, 6.45) is 0.836. The molecule has 4 aromatic rings. The highest BCUT2D eigenvalue weighted by Gasteiger charge is 2.43. The molecule has 9 heteroatoms. The third-order valence-electron chi connectivity index (χ3n) is 6.25. The van der Waals surface area contributed by atoms with E-state index in [1.807, 2.05) is 28.8 Å². The second kappa shape index (κ2) is 10.3. The van der Waals surface area contributed by atoms with Crippen LogP contribution in [0.15, 0.2) is 84.0 Å². The molecule has 3 aromatic carbocycles. The fourth-order valence-electron chi connectivity index (χ4n) is 4.29. The van der Waals surface area contributed by atoms with Crippen molar-refractivity contribution in [1.29, 1.82) is 0 Å². The number of thioether (sulfide) groups is 1. The van der Waals surface area contributed by atoms with Gasteiger partial charge in [0.1, 0.15) is 0 Å². The van der Waals surface area contributed by atoms with Gasteiger partial charge in [0.05, 0.1) is 11.5 Å². The highest BCUT2D eigenvalue weighted by atomic mass is 32.2. The quantitative estimate of drug-likeness (QED) is 0.193. The van der Waals surface area contributed by atoms with Crippen molar-refractivity contribution in [2.24, 2.45) is 5.92 Å². The molecule has 1 aromatic heterocycles. The molecule has 1 aliphatic carbocycles. The summed E-state index contributed by atoms with van der Waals surface area (Å²) in [4.78, 5) is 23.5. The number of aryl methyl sites for hydroxylation is 1. The minimum absolute atomic E-state index is 0.00364. The number of hydrogen-bond acceptors (Lipinski definition) is 6. The van der Waals surface area contributed by atoms with Gasteiger partial charge >= 0.3 is 0 Å². The van der Waals surface area contributed by atoms with Crippen LogP contribution in [0.5, 0.6) is 0 Å². The summed E-state index contributed by atoms with van der Waals surface area (Å²) >= 11 is 1.53. The van der Waals surface area contributed by atoms with Gasteiger partial charge in [-0.15, -0.1) is 10.2 Å². The lowest BCUT2D eigenvalue weighted by Crippen LogP contribution is -2.26. The van der Waals surface area contributed by atoms with Gasteiger partial charge in [-0.25, -0.2) is 0 Å². The van der Waals surface area contributed by atoms with Crippen LogP contribution in [0.25, 0.3) is 5.69 Å². The molecule has 36 heavy (non-hydrogen) atoms. The van der Waals surface area contributed by atoms with E-state index in [1.54, 1.807) is 12.1 Å². The number of carbonyl (C=O) groups excluding carboxylic acids is 1. The van der Waals surface area contributed by atoms with Crippen LogP contribution in [0, 0.1) is 23.0 Å². The van der Waals surface area contributed by atoms with E-state index in [0.717, 1.165) is 12.0 Å². The Balaban J connectivity index is 1.33. The van der Waals surface area contributed by atoms with Crippen LogP contribution in [-0.4, -0.2) is 25.6 Å². The van der Waals surface area contributed by atoms with E-state index in [0.29, 0.717) is 22.4 Å². The van der Waals surface area contributed by atoms with E-state index in [1.165, 1.54) is 35.0 Å². The van der Waals surface area contributed by atoms with Crippen molar-refractivity contribution >= 4 is 23.4 Å². The number of nitrogens with one attached hydrogen (secondary N) is 1. The molecule has 0 bridgehead atoms. The van der Waals surface area contributed by atoms with Crippen molar-refractivity contribution in [3.63, 3.8) is 0 Å². The highest BCUT2D eigenvalue weighted by Crippen LogP contribution is 2.47. The molecule has 1 N–H and O–H groups in total. The zero-order valence-corrected chi connectivity index (χ0v) is 20.5. The molecule has 1 aliphatic rings. The maximum atomic E-state index is 12.8. The van der Waals surface area contributed by atoms with Crippen LogP contribution in [0.4, 0.5) is 5.69 Å². The number of nitro groups is 1. The zero-order valence-electron chi connectivity index (χ0n) is 19.7. The SMILES string of the molecule is Cc1cccc(CSc2nnc(CNC(=O)C3CC3c3ccccc3)n2-c2ccc([N+](=O)[O-])cc2)c1. The van der Waals surface area contributed by atoms with Gasteiger partial charge in [0.25, 0.3) is 5.69 Å². The molecular formula is C27H25N5O3S. The summed E-state index contributed by atoms with van der Waals surface area (Å²) in [5, 5.41) is 23.5. The Morgan fingerprint density at radius 1 is 1.08 bits per heavy atom. The van der Waals surface area contributed by atoms with E-state index in [9.17, 15) is 14.9 Å². The molecule has 1 fully saturated rings. The standard InChI is InChI=1S/C27H25N5O3S/c1-18-6-5-7-19(14-18)17-36-27-30-29-25(31(27)21-10-12-22(13-11-21)32(34)35)16-28-26(33)24-15-23(24)20-8-3-2-4-9-20/h2-14,23-24H,15-17H2,1H3,(H,28,33). The molecule has 8 nitrogen and oxygen atoms in total. The van der Waals surface area contributed by atoms with Crippen LogP contribution >= 0.6 is 11.8 Å². The highest BCUT2D eigenvalue weighted by molar-refractivity contribution is 7.98. The molecule has 0 radical (unpaired) electrons. The summed E-state index contributed by atoms with van der Waals surface area (Å²) in [6.45, 7) is 2.27. The molecule has 0 saturated heterocycles. The van der Waals surface area contributed by atoms with Crippen molar-refractivity contribution in [2.45, 2.75) is 36.7 Å². The molecule has 2 unspecified atom stereocenters. The number of non-ortho nitro benzene ring substituents is 1. The third kappa shape index (κ3) is 5.31. The van der Waals surface area contributed by atoms with Crippen LogP contribution in [0.2, 0.25) is 0 Å². The van der Waals surface area contributed by atoms with Gasteiger partial charge in [-0.05, 0) is 42.5 Å². The van der Waals surface area contributed by atoms with Crippen LogP contribution in [-0.2, 0) is 17.1 Å². The van der Waals surface area contributed by atoms with E-state index in [-0.39, 0.29) is 30.0 Å². The number of benzene rings is 3. The van der Waals surface area contributed by atoms with Gasteiger partial charge < -0.3 is 5.32 Å². The molecular weight excluding hydrogens is 474 g/mol. The number of carbonyl (C=O) groups is 1. The lowest BCUT2D eigenvalue weighted by atomic mass is 10.1. The summed E-state index contributed by atoms with van der Waals surface area (Å²) in [7, 11) is 0. The average molecular weight is 500 g/mol. The van der Waals surface area contributed by atoms with Gasteiger partial charge in [0.15, 0.2) is 11.0 Å². The van der Waals surface area contributed by atoms with E-state index in [4.69, 9.17) is 0 Å². The average Bonchev–Trinajstić information content (AvgIpc) is 3.60. The third-order valence-corrected chi connectivity index (χ3v) is 7.25. The first-order valence-electron chi connectivity index (χ1n) is 11.7. The predicted octanol–water partition coefficient (Wildman–Crippen LogP) is 5.20. The predicted molar refractivity (Wildman–Crippen MR) is 138 cm³/mol. The first-order chi connectivity index (χ1) is 17.5. The van der Waals surface area contributed by atoms with E-state index in [2.05, 4.69) is 52.8 Å². The van der Waals surface area contributed by atoms with Gasteiger partial charge in [0.2, 0.25) is 5.91 Å². The minimum Gasteiger partial charge on any atom is -0.349 e. The monoisotopic (exact) mass is 499 g/mol. The number of rotatable bonds is 9. The maximum Gasteiger partial charge on any atom is 0.269 e. The van der Waals surface area contributed by atoms with E-state index < -0.39 is 4.92 Å². The lowest BCUT2D eigenvalue weighted by molar-refractivity contribution is -0.384. The Hall–Kier alpha value is -3.98. The molecule has 5 rings (SSSR count). The summed E-state index contributed by atoms with van der Waals surface area (Å²) < 4.78 is 1.85. The summed E-state index contributed by atoms with van der Waals surface area (Å²) in [5.41, 5.74) is 4.24. The van der Waals surface area contributed by atoms with Crippen LogP contribution in [0.1, 0.15) is 34.9 Å². The number of nitro benzene ring substituents is 1. The molecule has 0 aliphatic heterocycles. The van der Waals surface area contributed by atoms with Crippen molar-refractivity contribution in [1.82, 2.24) is 20.1 Å². The maximum absolute atomic E-state index is 12.8. The zero-order chi connectivity index (χ0) is 25.1. The number of amides is 1. The Morgan fingerprint density at radius 2 is 1.86 bits per heavy atom. The molecule has 2 atom stereocenters. The Labute approximate surface area is 212 Å². The molecule has 182 valence electrons. The fourth-order valence-corrected chi connectivity index (χ4v) is 5.21. The number of hydrogen-bond donors (Lipinski definition) is 1. The molecule has 0 spiro atoms. The summed E-state index contributed by atoms with van der Waals surface area (Å²) in [5.74, 6) is 1.47. The van der Waals surface area contributed by atoms with Gasteiger partial charge in [-0.1, -0.05) is 71.9 Å². The van der Waals surface area contributed by atoms with Crippen molar-refractivity contribution in [3.8, 4) is 5.69 Å². The van der Waals surface area contributed by atoms with Crippen molar-refractivity contribution < 1.29 is 9.72 Å². The van der Waals surface area contributed by atoms with Gasteiger partial charge in [-0.2, -0.15) is 0 Å². The first kappa shape index (κ1) is 23.7. The Bertz CT molecular complexity index is 1390. The number of nitrogens with zero attached hydrogens (tertiary/aromatic N) is 4. The first-order valence-corrected chi connectivity index (χ1v) is 12.7. The van der Waals surface area contributed by atoms with E-state index >= 15 is 0 Å². The van der Waals surface area contributed by atoms with Gasteiger partial charge in [0, 0.05) is 29.5 Å². The second-order valence-electron chi connectivity index (χ2n) is 8.86. The largest absolute Gasteiger partial charge is 0.349 e. The lowest BCUT2D eigenvalue weighted by Gasteiger charge is -2.11. The van der Waals surface area contributed by atoms with Crippen LogP contribution < -0.4 is 5.32 Å². The molecule has 1 amide bonds.